The summed E-state index contributed by atoms with van der Waals surface area (Å²) in [7, 11) is -4.37. The largest absolute Gasteiger partial charge is 1.00 e. The van der Waals surface area contributed by atoms with E-state index in [0.717, 1.165) is 70.6 Å². The quantitative estimate of drug-likeness (QED) is 0.111. The number of nitrogens with zero attached hydrogens (tertiary/aromatic N) is 1. The summed E-state index contributed by atoms with van der Waals surface area (Å²) in [5.41, 5.74) is 0. The van der Waals surface area contributed by atoms with Crippen LogP contribution in [-0.4, -0.2) is 31.5 Å². The third kappa shape index (κ3) is 22.6. The van der Waals surface area contributed by atoms with Crippen molar-refractivity contribution in [1.82, 2.24) is 0 Å². The van der Waals surface area contributed by atoms with Crippen LogP contribution in [0.2, 0.25) is 0 Å². The van der Waals surface area contributed by atoms with Gasteiger partial charge in [0.2, 0.25) is 0 Å². The summed E-state index contributed by atoms with van der Waals surface area (Å²) in [5.74, 6) is 0.0221. The Balaban J connectivity index is 0. The van der Waals surface area contributed by atoms with Gasteiger partial charge in [0.05, 0.1) is 6.10 Å². The Morgan fingerprint density at radius 2 is 1.36 bits per heavy atom. The van der Waals surface area contributed by atoms with Crippen molar-refractivity contribution < 1.29 is 51.8 Å². The first-order chi connectivity index (χ1) is 12.9. The third-order valence-corrected chi connectivity index (χ3v) is 5.15. The molecular weight excluding hydrogens is 389 g/mol. The van der Waals surface area contributed by atoms with Crippen LogP contribution < -0.4 is 34.7 Å². The average Bonchev–Trinajstić information content (AvgIpc) is 2.59. The van der Waals surface area contributed by atoms with Crippen LogP contribution in [0, 0.1) is 0 Å². The number of aliphatic imine (C=N–C) groups is 1. The molecule has 0 spiro atoms. The molecule has 28 heavy (non-hydrogen) atoms. The van der Waals surface area contributed by atoms with Crippen molar-refractivity contribution in [2.24, 2.45) is 4.99 Å². The van der Waals surface area contributed by atoms with Crippen LogP contribution in [0.4, 0.5) is 0 Å². The zero-order valence-corrected chi connectivity index (χ0v) is 21.1. The van der Waals surface area contributed by atoms with Crippen LogP contribution in [0.15, 0.2) is 4.99 Å². The molecule has 0 saturated carbocycles. The van der Waals surface area contributed by atoms with Crippen molar-refractivity contribution in [1.29, 1.82) is 0 Å². The fourth-order valence-corrected chi connectivity index (χ4v) is 3.71. The molecule has 0 aromatic carbocycles. The Labute approximate surface area is 195 Å². The topological polar surface area (TPSA) is 99.0 Å². The Morgan fingerprint density at radius 1 is 0.893 bits per heavy atom. The first-order valence-corrected chi connectivity index (χ1v) is 12.1. The molecule has 162 valence electrons. The summed E-state index contributed by atoms with van der Waals surface area (Å²) in [6, 6.07) is 0. The molecule has 0 amide bonds. The van der Waals surface area contributed by atoms with Gasteiger partial charge in [0.15, 0.2) is 0 Å². The van der Waals surface area contributed by atoms with Crippen LogP contribution in [0.1, 0.15) is 110 Å². The van der Waals surface area contributed by atoms with Gasteiger partial charge in [-0.25, -0.2) is 4.18 Å². The second kappa shape index (κ2) is 20.6. The molecule has 0 saturated heterocycles. The standard InChI is InChI=1S/C20H41NO5S.Na/c1-3-5-6-13-16-19(26-27(23,24)25)17-14-11-9-7-8-10-12-15-18-20(22)21-4-2;/h19H,3-18H2,1-2H3,(H,21,22)(H,23,24,25);/q;+1/p-1. The van der Waals surface area contributed by atoms with Crippen molar-refractivity contribution in [3.05, 3.63) is 0 Å². The molecule has 0 heterocycles. The SMILES string of the molecule is CCCCCCC(CCCCCCCCCCC([O-])=NCC)OS(=O)(=O)O.[Na+]. The molecular formula is C20H40NNaO5S. The van der Waals surface area contributed by atoms with Crippen molar-refractivity contribution >= 4 is 16.3 Å². The molecule has 1 unspecified atom stereocenters. The van der Waals surface area contributed by atoms with E-state index >= 15 is 0 Å². The molecule has 0 aliphatic heterocycles. The molecule has 0 bridgehead atoms. The van der Waals surface area contributed by atoms with E-state index in [0.29, 0.717) is 25.8 Å². The predicted molar refractivity (Wildman–Crippen MR) is 109 cm³/mol. The van der Waals surface area contributed by atoms with Crippen LogP contribution in [0.5, 0.6) is 0 Å². The van der Waals surface area contributed by atoms with E-state index in [2.05, 4.69) is 11.9 Å². The fourth-order valence-electron chi connectivity index (χ4n) is 3.18. The van der Waals surface area contributed by atoms with E-state index in [9.17, 15) is 13.5 Å². The summed E-state index contributed by atoms with van der Waals surface area (Å²) in [6.45, 7) is 4.59. The number of rotatable bonds is 19. The Morgan fingerprint density at radius 3 is 1.82 bits per heavy atom. The molecule has 0 aromatic rings. The molecule has 0 fully saturated rings. The maximum atomic E-state index is 11.3. The minimum Gasteiger partial charge on any atom is -0.862 e. The molecule has 1 atom stereocenters. The first-order valence-electron chi connectivity index (χ1n) is 10.7. The van der Waals surface area contributed by atoms with Crippen molar-refractivity contribution in [3.8, 4) is 0 Å². The smallest absolute Gasteiger partial charge is 0.862 e. The summed E-state index contributed by atoms with van der Waals surface area (Å²) < 4.78 is 35.7. The molecule has 0 radical (unpaired) electrons. The van der Waals surface area contributed by atoms with Gasteiger partial charge in [-0.05, 0) is 38.5 Å². The Hall–Kier alpha value is 0.340. The van der Waals surface area contributed by atoms with Gasteiger partial charge in [0.1, 0.15) is 0 Å². The van der Waals surface area contributed by atoms with Gasteiger partial charge in [0.25, 0.3) is 0 Å². The second-order valence-electron chi connectivity index (χ2n) is 7.23. The van der Waals surface area contributed by atoms with Gasteiger partial charge in [0, 0.05) is 6.54 Å². The number of unbranched alkanes of at least 4 members (excludes halogenated alkanes) is 10. The summed E-state index contributed by atoms with van der Waals surface area (Å²) in [4.78, 5) is 3.85. The molecule has 8 heteroatoms. The van der Waals surface area contributed by atoms with Crippen LogP contribution in [0.25, 0.3) is 0 Å². The normalized spacial score (nSPS) is 13.3. The minimum absolute atomic E-state index is 0. The molecule has 1 N–H and O–H groups in total. The monoisotopic (exact) mass is 429 g/mol. The van der Waals surface area contributed by atoms with E-state index < -0.39 is 16.5 Å². The zero-order valence-electron chi connectivity index (χ0n) is 18.3. The van der Waals surface area contributed by atoms with Crippen LogP contribution >= 0.6 is 0 Å². The van der Waals surface area contributed by atoms with Gasteiger partial charge in [-0.15, -0.1) is 0 Å². The first kappa shape index (κ1) is 30.5. The van der Waals surface area contributed by atoms with Crippen LogP contribution in [0.3, 0.4) is 0 Å². The Bertz CT molecular complexity index is 471. The summed E-state index contributed by atoms with van der Waals surface area (Å²) >= 11 is 0. The summed E-state index contributed by atoms with van der Waals surface area (Å²) in [6.07, 6.45) is 14.4. The predicted octanol–water partition coefficient (Wildman–Crippen LogP) is 1.83. The Kier molecular flexibility index (Phi) is 22.5. The zero-order chi connectivity index (χ0) is 20.4. The van der Waals surface area contributed by atoms with E-state index in [4.69, 9.17) is 8.74 Å². The van der Waals surface area contributed by atoms with Crippen LogP contribution in [-0.2, 0) is 14.6 Å². The molecule has 0 rings (SSSR count). The maximum absolute atomic E-state index is 11.3. The summed E-state index contributed by atoms with van der Waals surface area (Å²) in [5, 5.41) is 11.3. The van der Waals surface area contributed by atoms with E-state index in [1.54, 1.807) is 0 Å². The van der Waals surface area contributed by atoms with E-state index in [1.807, 2.05) is 6.92 Å². The van der Waals surface area contributed by atoms with Gasteiger partial charge in [-0.2, -0.15) is 8.42 Å². The van der Waals surface area contributed by atoms with Gasteiger partial charge >= 0.3 is 40.0 Å². The number of hydrogen-bond acceptors (Lipinski definition) is 5. The van der Waals surface area contributed by atoms with Crippen molar-refractivity contribution in [3.63, 3.8) is 0 Å². The van der Waals surface area contributed by atoms with Gasteiger partial charge in [-0.3, -0.25) is 4.55 Å². The van der Waals surface area contributed by atoms with Gasteiger partial charge < -0.3 is 10.1 Å². The van der Waals surface area contributed by atoms with E-state index in [1.165, 1.54) is 6.42 Å². The second-order valence-corrected chi connectivity index (χ2v) is 8.28. The maximum Gasteiger partial charge on any atom is 1.00 e. The molecule has 0 aliphatic carbocycles. The molecule has 0 aromatic heterocycles. The molecule has 6 nitrogen and oxygen atoms in total. The number of hydrogen-bond donors (Lipinski definition) is 1. The minimum atomic E-state index is -4.37. The van der Waals surface area contributed by atoms with Crippen molar-refractivity contribution in [2.45, 2.75) is 116 Å². The van der Waals surface area contributed by atoms with Crippen molar-refractivity contribution in [2.75, 3.05) is 6.54 Å². The fraction of sp³-hybridized carbons (Fsp3) is 0.950. The third-order valence-electron chi connectivity index (χ3n) is 4.64. The average molecular weight is 430 g/mol. The van der Waals surface area contributed by atoms with E-state index in [-0.39, 0.29) is 35.5 Å². The molecule has 0 aliphatic rings. The van der Waals surface area contributed by atoms with Gasteiger partial charge in [-0.1, -0.05) is 77.6 Å².